The van der Waals surface area contributed by atoms with Crippen molar-refractivity contribution >= 4 is 21.4 Å². The van der Waals surface area contributed by atoms with Gasteiger partial charge in [-0.15, -0.1) is 11.3 Å². The first-order chi connectivity index (χ1) is 9.47. The average Bonchev–Trinajstić information content (AvgIpc) is 2.97. The van der Waals surface area contributed by atoms with Crippen LogP contribution in [0.15, 0.2) is 16.3 Å². The Morgan fingerprint density at radius 3 is 2.40 bits per heavy atom. The van der Waals surface area contributed by atoms with Crippen LogP contribution in [0.5, 0.6) is 0 Å². The molecule has 1 aromatic rings. The molecule has 1 saturated heterocycles. The lowest BCUT2D eigenvalue weighted by molar-refractivity contribution is 0.0648. The number of nitrogens with zero attached hydrogens (tertiary/aromatic N) is 1. The quantitative estimate of drug-likeness (QED) is 0.907. The van der Waals surface area contributed by atoms with Gasteiger partial charge in [0.1, 0.15) is 4.21 Å². The number of thiophene rings is 1. The molecule has 0 bridgehead atoms. The molecule has 0 atom stereocenters. The molecular formula is C14H23NO3S2. The van der Waals surface area contributed by atoms with Crippen molar-refractivity contribution in [3.8, 4) is 0 Å². The standard InChI is InChI=1S/C14H23NO3S2/c1-3-12-5-6-13(19-12)20(17,18)15-9-7-14(4-2,11-16)8-10-15/h5-6,16H,3-4,7-11H2,1-2H3. The highest BCUT2D eigenvalue weighted by molar-refractivity contribution is 7.91. The first kappa shape index (κ1) is 15.9. The minimum Gasteiger partial charge on any atom is -0.396 e. The third-order valence-electron chi connectivity index (χ3n) is 4.45. The smallest absolute Gasteiger partial charge is 0.252 e. The van der Waals surface area contributed by atoms with Crippen LogP contribution in [-0.2, 0) is 16.4 Å². The molecule has 0 saturated carbocycles. The summed E-state index contributed by atoms with van der Waals surface area (Å²) in [4.78, 5) is 1.10. The Kier molecular flexibility index (Phi) is 4.89. The van der Waals surface area contributed by atoms with E-state index < -0.39 is 10.0 Å². The highest BCUT2D eigenvalue weighted by atomic mass is 32.2. The molecule has 0 aliphatic carbocycles. The normalized spacial score (nSPS) is 20.1. The fourth-order valence-corrected chi connectivity index (χ4v) is 5.53. The number of piperidine rings is 1. The monoisotopic (exact) mass is 317 g/mol. The SMILES string of the molecule is CCc1ccc(S(=O)(=O)N2CCC(CC)(CO)CC2)s1. The number of aliphatic hydroxyl groups is 1. The number of sulfonamides is 1. The average molecular weight is 317 g/mol. The van der Waals surface area contributed by atoms with Crippen LogP contribution < -0.4 is 0 Å². The van der Waals surface area contributed by atoms with E-state index in [1.807, 2.05) is 13.0 Å². The third-order valence-corrected chi connectivity index (χ3v) is 8.04. The Bertz CT molecular complexity index is 537. The first-order valence-electron chi connectivity index (χ1n) is 7.17. The Morgan fingerprint density at radius 2 is 1.95 bits per heavy atom. The van der Waals surface area contributed by atoms with Gasteiger partial charge in [-0.05, 0) is 43.2 Å². The van der Waals surface area contributed by atoms with Gasteiger partial charge in [-0.3, -0.25) is 0 Å². The van der Waals surface area contributed by atoms with Gasteiger partial charge in [-0.2, -0.15) is 4.31 Å². The van der Waals surface area contributed by atoms with Crippen LogP contribution in [0.1, 0.15) is 38.0 Å². The maximum absolute atomic E-state index is 12.6. The van der Waals surface area contributed by atoms with E-state index in [9.17, 15) is 13.5 Å². The summed E-state index contributed by atoms with van der Waals surface area (Å²) in [6, 6.07) is 3.61. The molecule has 114 valence electrons. The molecule has 1 N–H and O–H groups in total. The van der Waals surface area contributed by atoms with Crippen molar-refractivity contribution in [2.45, 2.75) is 43.7 Å². The summed E-state index contributed by atoms with van der Waals surface area (Å²) in [5, 5.41) is 9.52. The van der Waals surface area contributed by atoms with Crippen molar-refractivity contribution in [1.29, 1.82) is 0 Å². The summed E-state index contributed by atoms with van der Waals surface area (Å²) < 4.78 is 27.2. The molecule has 20 heavy (non-hydrogen) atoms. The van der Waals surface area contributed by atoms with Gasteiger partial charge < -0.3 is 5.11 Å². The molecule has 1 fully saturated rings. The second kappa shape index (κ2) is 6.13. The van der Waals surface area contributed by atoms with E-state index in [1.54, 1.807) is 10.4 Å². The fourth-order valence-electron chi connectivity index (χ4n) is 2.64. The van der Waals surface area contributed by atoms with Gasteiger partial charge in [-0.1, -0.05) is 13.8 Å². The van der Waals surface area contributed by atoms with E-state index in [1.165, 1.54) is 11.3 Å². The van der Waals surface area contributed by atoms with Gasteiger partial charge in [0.05, 0.1) is 0 Å². The zero-order valence-corrected chi connectivity index (χ0v) is 13.8. The van der Waals surface area contributed by atoms with E-state index in [-0.39, 0.29) is 12.0 Å². The molecule has 2 heterocycles. The van der Waals surface area contributed by atoms with E-state index in [0.717, 1.165) is 30.6 Å². The molecule has 4 nitrogen and oxygen atoms in total. The lowest BCUT2D eigenvalue weighted by Crippen LogP contribution is -2.44. The largest absolute Gasteiger partial charge is 0.396 e. The molecular weight excluding hydrogens is 294 g/mol. The number of hydrogen-bond acceptors (Lipinski definition) is 4. The molecule has 1 aliphatic rings. The second-order valence-corrected chi connectivity index (χ2v) is 8.82. The zero-order valence-electron chi connectivity index (χ0n) is 12.1. The zero-order chi connectivity index (χ0) is 14.8. The summed E-state index contributed by atoms with van der Waals surface area (Å²) in [6.07, 6.45) is 3.25. The summed E-state index contributed by atoms with van der Waals surface area (Å²) in [5.41, 5.74) is -0.0873. The van der Waals surface area contributed by atoms with E-state index in [0.29, 0.717) is 17.3 Å². The van der Waals surface area contributed by atoms with Crippen LogP contribution in [0.4, 0.5) is 0 Å². The predicted octanol–water partition coefficient (Wildman–Crippen LogP) is 2.48. The van der Waals surface area contributed by atoms with Gasteiger partial charge in [0.25, 0.3) is 10.0 Å². The highest BCUT2D eigenvalue weighted by Gasteiger charge is 2.37. The lowest BCUT2D eigenvalue weighted by atomic mass is 9.77. The van der Waals surface area contributed by atoms with E-state index >= 15 is 0 Å². The van der Waals surface area contributed by atoms with Gasteiger partial charge in [0.15, 0.2) is 0 Å². The van der Waals surface area contributed by atoms with E-state index in [4.69, 9.17) is 0 Å². The molecule has 6 heteroatoms. The summed E-state index contributed by atoms with van der Waals surface area (Å²) in [6.45, 7) is 5.26. The molecule has 0 radical (unpaired) electrons. The Morgan fingerprint density at radius 1 is 1.30 bits per heavy atom. The van der Waals surface area contributed by atoms with Crippen molar-refractivity contribution in [1.82, 2.24) is 4.31 Å². The number of rotatable bonds is 5. The highest BCUT2D eigenvalue weighted by Crippen LogP contribution is 2.36. The second-order valence-electron chi connectivity index (χ2n) is 5.49. The minimum absolute atomic E-state index is 0.0873. The van der Waals surface area contributed by atoms with Crippen LogP contribution in [-0.4, -0.2) is 37.5 Å². The summed E-state index contributed by atoms with van der Waals surface area (Å²) in [7, 11) is -3.35. The molecule has 1 aliphatic heterocycles. The summed E-state index contributed by atoms with van der Waals surface area (Å²) in [5.74, 6) is 0. The van der Waals surface area contributed by atoms with Crippen molar-refractivity contribution < 1.29 is 13.5 Å². The molecule has 0 amide bonds. The summed E-state index contributed by atoms with van der Waals surface area (Å²) >= 11 is 1.37. The van der Waals surface area contributed by atoms with Gasteiger partial charge in [0, 0.05) is 24.6 Å². The van der Waals surface area contributed by atoms with Crippen molar-refractivity contribution in [2.24, 2.45) is 5.41 Å². The van der Waals surface area contributed by atoms with Gasteiger partial charge in [0.2, 0.25) is 0 Å². The Labute approximate surface area is 125 Å². The minimum atomic E-state index is -3.35. The fraction of sp³-hybridized carbons (Fsp3) is 0.714. The number of aryl methyl sites for hydroxylation is 1. The molecule has 0 spiro atoms. The van der Waals surface area contributed by atoms with Crippen LogP contribution in [0.2, 0.25) is 0 Å². The predicted molar refractivity (Wildman–Crippen MR) is 81.5 cm³/mol. The Balaban J connectivity index is 2.13. The van der Waals surface area contributed by atoms with Crippen molar-refractivity contribution in [3.05, 3.63) is 17.0 Å². The van der Waals surface area contributed by atoms with Crippen LogP contribution in [0, 0.1) is 5.41 Å². The molecule has 1 aromatic heterocycles. The third kappa shape index (κ3) is 2.93. The van der Waals surface area contributed by atoms with Crippen molar-refractivity contribution in [2.75, 3.05) is 19.7 Å². The Hall–Kier alpha value is -0.430. The molecule has 0 aromatic carbocycles. The van der Waals surface area contributed by atoms with Gasteiger partial charge in [-0.25, -0.2) is 8.42 Å². The van der Waals surface area contributed by atoms with Crippen molar-refractivity contribution in [3.63, 3.8) is 0 Å². The van der Waals surface area contributed by atoms with Crippen LogP contribution in [0.25, 0.3) is 0 Å². The van der Waals surface area contributed by atoms with Gasteiger partial charge >= 0.3 is 0 Å². The van der Waals surface area contributed by atoms with Crippen LogP contribution in [0.3, 0.4) is 0 Å². The number of aliphatic hydroxyl groups excluding tert-OH is 1. The first-order valence-corrected chi connectivity index (χ1v) is 9.43. The number of hydrogen-bond donors (Lipinski definition) is 1. The molecule has 0 unspecified atom stereocenters. The van der Waals surface area contributed by atoms with Crippen LogP contribution >= 0.6 is 11.3 Å². The maximum atomic E-state index is 12.6. The van der Waals surface area contributed by atoms with E-state index in [2.05, 4.69) is 6.92 Å². The lowest BCUT2D eigenvalue weighted by Gasteiger charge is -2.39. The maximum Gasteiger partial charge on any atom is 0.252 e. The molecule has 2 rings (SSSR count). The topological polar surface area (TPSA) is 57.6 Å².